The molecule has 0 saturated carbocycles. The third kappa shape index (κ3) is 2.90. The number of likely N-dealkylation sites (N-methyl/N-ethyl adjacent to an activating group) is 1. The molecule has 0 spiro atoms. The van der Waals surface area contributed by atoms with Gasteiger partial charge in [0.15, 0.2) is 0 Å². The monoisotopic (exact) mass is 383 g/mol. The molecule has 1 aliphatic heterocycles. The van der Waals surface area contributed by atoms with E-state index in [1.165, 1.54) is 0 Å². The molecule has 1 aromatic carbocycles. The lowest BCUT2D eigenvalue weighted by molar-refractivity contribution is -0.587. The number of hydrogen-bond donors (Lipinski definition) is 0. The number of anilines is 1. The molecule has 1 heterocycles. The molecule has 144 valence electrons. The summed E-state index contributed by atoms with van der Waals surface area (Å²) in [5.74, 6) is -2.95. The minimum Gasteiger partial charge on any atom is -0.303 e. The van der Waals surface area contributed by atoms with Gasteiger partial charge in [-0.15, -0.1) is 0 Å². The Morgan fingerprint density at radius 3 is 1.96 bits per heavy atom. The molecule has 1 aromatic rings. The van der Waals surface area contributed by atoms with E-state index in [9.17, 15) is 45.3 Å². The van der Waals surface area contributed by atoms with Gasteiger partial charge in [-0.05, 0) is 0 Å². The molecule has 0 fully saturated rings. The topological polar surface area (TPSA) is 193 Å². The maximum absolute atomic E-state index is 12.5. The van der Waals surface area contributed by atoms with Crippen LogP contribution in [0.3, 0.4) is 0 Å². The van der Waals surface area contributed by atoms with E-state index in [4.69, 9.17) is 0 Å². The molecule has 0 bridgehead atoms. The summed E-state index contributed by atoms with van der Waals surface area (Å²) in [5.41, 5.74) is -4.54. The predicted molar refractivity (Wildman–Crippen MR) is 87.8 cm³/mol. The van der Waals surface area contributed by atoms with Gasteiger partial charge in [-0.1, -0.05) is 0 Å². The molecule has 1 aliphatic rings. The first-order valence-corrected chi connectivity index (χ1v) is 7.34. The largest absolute Gasteiger partial charge is 0.304 e. The van der Waals surface area contributed by atoms with Crippen molar-refractivity contribution in [1.82, 2.24) is 0 Å². The van der Waals surface area contributed by atoms with Gasteiger partial charge in [-0.2, -0.15) is 0 Å². The number of nitrogens with zero attached hydrogens (tertiary/aromatic N) is 5. The highest BCUT2D eigenvalue weighted by Crippen LogP contribution is 2.48. The maximum Gasteiger partial charge on any atom is 0.304 e. The second-order valence-corrected chi connectivity index (χ2v) is 6.43. The molecule has 2 unspecified atom stereocenters. The second-order valence-electron chi connectivity index (χ2n) is 6.43. The summed E-state index contributed by atoms with van der Waals surface area (Å²) < 4.78 is 0. The van der Waals surface area contributed by atoms with Gasteiger partial charge in [0.25, 0.3) is 11.4 Å². The molecule has 0 N–H and O–H groups in total. The van der Waals surface area contributed by atoms with Crippen molar-refractivity contribution >= 4 is 23.0 Å². The van der Waals surface area contributed by atoms with Gasteiger partial charge in [0, 0.05) is 42.4 Å². The summed E-state index contributed by atoms with van der Waals surface area (Å²) in [4.78, 5) is 54.9. The SMILES string of the molecule is CN1C(=O)C([N+](=O)[O-])C(C(C)(C)[N+](=O)[O-])c2cc([N+](=O)[O-])cc([N+](=O)[O-])c21. The molecule has 27 heavy (non-hydrogen) atoms. The summed E-state index contributed by atoms with van der Waals surface area (Å²) in [5, 5.41) is 45.5. The fraction of sp³-hybridized carbons (Fsp3) is 0.462. The fourth-order valence-electron chi connectivity index (χ4n) is 3.19. The first-order chi connectivity index (χ1) is 12.3. The van der Waals surface area contributed by atoms with E-state index in [1.54, 1.807) is 0 Å². The smallest absolute Gasteiger partial charge is 0.303 e. The second kappa shape index (κ2) is 6.22. The zero-order chi connectivity index (χ0) is 20.8. The molecule has 14 nitrogen and oxygen atoms in total. The van der Waals surface area contributed by atoms with Crippen molar-refractivity contribution in [3.63, 3.8) is 0 Å². The zero-order valence-corrected chi connectivity index (χ0v) is 14.2. The van der Waals surface area contributed by atoms with E-state index in [-0.39, 0.29) is 5.56 Å². The van der Waals surface area contributed by atoms with E-state index >= 15 is 0 Å². The van der Waals surface area contributed by atoms with Crippen molar-refractivity contribution in [2.24, 2.45) is 0 Å². The Morgan fingerprint density at radius 2 is 1.56 bits per heavy atom. The number of carbonyl (C=O) groups is 1. The molecule has 2 atom stereocenters. The summed E-state index contributed by atoms with van der Waals surface area (Å²) in [6.07, 6.45) is 0. The van der Waals surface area contributed by atoms with Crippen LogP contribution >= 0.6 is 0 Å². The third-order valence-electron chi connectivity index (χ3n) is 4.54. The fourth-order valence-corrected chi connectivity index (χ4v) is 3.19. The highest BCUT2D eigenvalue weighted by molar-refractivity contribution is 6.02. The van der Waals surface area contributed by atoms with E-state index in [0.717, 1.165) is 27.0 Å². The van der Waals surface area contributed by atoms with Gasteiger partial charge in [-0.25, -0.2) is 0 Å². The van der Waals surface area contributed by atoms with Gasteiger partial charge in [0.05, 0.1) is 15.9 Å². The predicted octanol–water partition coefficient (Wildman–Crippen LogP) is 1.26. The van der Waals surface area contributed by atoms with Crippen LogP contribution in [0.25, 0.3) is 0 Å². The highest BCUT2D eigenvalue weighted by Gasteiger charge is 2.60. The molecule has 1 amide bonds. The van der Waals surface area contributed by atoms with Crippen molar-refractivity contribution in [2.75, 3.05) is 11.9 Å². The minimum atomic E-state index is -2.13. The molecule has 14 heteroatoms. The summed E-state index contributed by atoms with van der Waals surface area (Å²) in [6.45, 7) is 2.03. The van der Waals surface area contributed by atoms with E-state index in [0.29, 0.717) is 11.0 Å². The number of amides is 1. The summed E-state index contributed by atoms with van der Waals surface area (Å²) in [7, 11) is 1.03. The van der Waals surface area contributed by atoms with Gasteiger partial charge < -0.3 is 4.90 Å². The third-order valence-corrected chi connectivity index (χ3v) is 4.54. The van der Waals surface area contributed by atoms with Crippen LogP contribution in [0.15, 0.2) is 12.1 Å². The normalized spacial score (nSPS) is 19.4. The Labute approximate surface area is 150 Å². The quantitative estimate of drug-likeness (QED) is 0.531. The van der Waals surface area contributed by atoms with Crippen LogP contribution in [0.2, 0.25) is 0 Å². The van der Waals surface area contributed by atoms with Gasteiger partial charge in [0.1, 0.15) is 11.6 Å². The average Bonchev–Trinajstić information content (AvgIpc) is 2.55. The highest BCUT2D eigenvalue weighted by atomic mass is 16.6. The molecular weight excluding hydrogens is 370 g/mol. The molecular formula is C13H13N5O9. The Bertz CT molecular complexity index is 896. The Hall–Kier alpha value is -3.71. The molecule has 0 aromatic heterocycles. The maximum atomic E-state index is 12.5. The lowest BCUT2D eigenvalue weighted by Crippen LogP contribution is -2.56. The van der Waals surface area contributed by atoms with Crippen molar-refractivity contribution in [3.05, 3.63) is 58.2 Å². The number of benzene rings is 1. The van der Waals surface area contributed by atoms with E-state index < -0.39 is 60.2 Å². The van der Waals surface area contributed by atoms with Gasteiger partial charge in [0.2, 0.25) is 5.54 Å². The van der Waals surface area contributed by atoms with Crippen LogP contribution in [0.5, 0.6) is 0 Å². The van der Waals surface area contributed by atoms with Crippen molar-refractivity contribution < 1.29 is 24.5 Å². The van der Waals surface area contributed by atoms with Gasteiger partial charge in [-0.3, -0.25) is 45.3 Å². The first-order valence-electron chi connectivity index (χ1n) is 7.34. The van der Waals surface area contributed by atoms with Crippen molar-refractivity contribution in [1.29, 1.82) is 0 Å². The summed E-state index contributed by atoms with van der Waals surface area (Å²) >= 11 is 0. The van der Waals surface area contributed by atoms with E-state index in [1.807, 2.05) is 0 Å². The molecule has 0 saturated heterocycles. The number of hydrogen-bond acceptors (Lipinski definition) is 9. The number of rotatable bonds is 5. The van der Waals surface area contributed by atoms with Crippen LogP contribution in [0.1, 0.15) is 25.3 Å². The number of nitro benzene ring substituents is 2. The van der Waals surface area contributed by atoms with Crippen LogP contribution < -0.4 is 4.90 Å². The zero-order valence-electron chi connectivity index (χ0n) is 14.2. The van der Waals surface area contributed by atoms with Crippen LogP contribution in [-0.4, -0.2) is 44.2 Å². The molecule has 0 aliphatic carbocycles. The van der Waals surface area contributed by atoms with Crippen LogP contribution in [0, 0.1) is 40.5 Å². The average molecular weight is 383 g/mol. The minimum absolute atomic E-state index is 0.374. The van der Waals surface area contributed by atoms with Crippen molar-refractivity contribution in [3.8, 4) is 0 Å². The lowest BCUT2D eigenvalue weighted by Gasteiger charge is -2.36. The van der Waals surface area contributed by atoms with Crippen LogP contribution in [-0.2, 0) is 4.79 Å². The van der Waals surface area contributed by atoms with Gasteiger partial charge >= 0.3 is 11.9 Å². The first kappa shape index (κ1) is 19.6. The Morgan fingerprint density at radius 1 is 1.00 bits per heavy atom. The Balaban J connectivity index is 3.00. The van der Waals surface area contributed by atoms with Crippen LogP contribution in [0.4, 0.5) is 17.1 Å². The number of fused-ring (bicyclic) bond motifs is 1. The summed E-state index contributed by atoms with van der Waals surface area (Å²) in [6, 6.07) is -0.729. The molecule has 2 rings (SSSR count). The number of non-ortho nitro benzene ring substituents is 1. The van der Waals surface area contributed by atoms with E-state index in [2.05, 4.69) is 0 Å². The molecule has 0 radical (unpaired) electrons. The number of carbonyl (C=O) groups excluding carboxylic acids is 1. The number of nitro groups is 4. The van der Waals surface area contributed by atoms with Crippen molar-refractivity contribution in [2.45, 2.75) is 31.3 Å². The standard InChI is InChI=1S/C13H13N5O9/c1-13(2,18(26)27)9-7-4-6(15(20)21)5-8(16(22)23)10(7)14(3)12(19)11(9)17(24)25/h4-5,9,11H,1-3H3. The Kier molecular flexibility index (Phi) is 4.52. The lowest BCUT2D eigenvalue weighted by atomic mass is 9.73.